The molecule has 1 aromatic heterocycles. The third-order valence-electron chi connectivity index (χ3n) is 7.99. The maximum atomic E-state index is 13.9. The molecule has 196 valence electrons. The molecule has 38 heavy (non-hydrogen) atoms. The van der Waals surface area contributed by atoms with Crippen molar-refractivity contribution in [3.8, 4) is 11.4 Å². The number of para-hydroxylation sites is 1. The predicted molar refractivity (Wildman–Crippen MR) is 154 cm³/mol. The lowest BCUT2D eigenvalue weighted by atomic mass is 9.98. The lowest BCUT2D eigenvalue weighted by Crippen LogP contribution is -2.52. The highest BCUT2D eigenvalue weighted by Gasteiger charge is 2.31. The molecular formula is C31H35N5O2. The average molecular weight is 510 g/mol. The van der Waals surface area contributed by atoms with Crippen molar-refractivity contribution in [1.82, 2.24) is 14.9 Å². The number of phenols is 1. The van der Waals surface area contributed by atoms with Crippen LogP contribution in [-0.2, 0) is 13.0 Å². The van der Waals surface area contributed by atoms with E-state index in [4.69, 9.17) is 4.98 Å². The predicted octanol–water partition coefficient (Wildman–Crippen LogP) is 4.58. The summed E-state index contributed by atoms with van der Waals surface area (Å²) in [7, 11) is 0. The molecule has 0 aliphatic carbocycles. The van der Waals surface area contributed by atoms with Gasteiger partial charge in [0.05, 0.1) is 17.9 Å². The van der Waals surface area contributed by atoms with Gasteiger partial charge in [-0.3, -0.25) is 4.57 Å². The van der Waals surface area contributed by atoms with Crippen LogP contribution in [0.25, 0.3) is 16.5 Å². The van der Waals surface area contributed by atoms with Crippen molar-refractivity contribution in [1.29, 1.82) is 0 Å². The van der Waals surface area contributed by atoms with Crippen molar-refractivity contribution in [3.63, 3.8) is 0 Å². The zero-order valence-corrected chi connectivity index (χ0v) is 22.3. The van der Waals surface area contributed by atoms with Crippen LogP contribution in [0.4, 0.5) is 11.5 Å². The van der Waals surface area contributed by atoms with Crippen molar-refractivity contribution < 1.29 is 5.11 Å². The Labute approximate surface area is 223 Å². The van der Waals surface area contributed by atoms with E-state index in [-0.39, 0.29) is 23.4 Å². The number of nitrogens with zero attached hydrogens (tertiary/aromatic N) is 4. The van der Waals surface area contributed by atoms with Gasteiger partial charge in [-0.25, -0.2) is 4.79 Å². The van der Waals surface area contributed by atoms with Crippen molar-refractivity contribution in [3.05, 3.63) is 88.0 Å². The van der Waals surface area contributed by atoms with Gasteiger partial charge in [-0.1, -0.05) is 56.3 Å². The number of anilines is 2. The molecule has 2 aliphatic rings. The SMILES string of the molecule is CC(C)c1ccccc1-n1c2c(c(N3CCNC[C@@H]3C)nc1=O)CCN(c1cc(O)cc3ccccc13)C2. The quantitative estimate of drug-likeness (QED) is 0.420. The van der Waals surface area contributed by atoms with Crippen LogP contribution in [0.1, 0.15) is 43.5 Å². The number of aromatic nitrogens is 2. The summed E-state index contributed by atoms with van der Waals surface area (Å²) in [6.07, 6.45) is 0.766. The van der Waals surface area contributed by atoms with Crippen LogP contribution in [0.15, 0.2) is 65.5 Å². The molecule has 1 fully saturated rings. The fourth-order valence-corrected chi connectivity index (χ4v) is 6.08. The number of hydrogen-bond acceptors (Lipinski definition) is 6. The fourth-order valence-electron chi connectivity index (χ4n) is 6.08. The van der Waals surface area contributed by atoms with Gasteiger partial charge in [-0.05, 0) is 42.3 Å². The van der Waals surface area contributed by atoms with E-state index in [1.54, 1.807) is 6.07 Å². The molecule has 2 aliphatic heterocycles. The average Bonchev–Trinajstić information content (AvgIpc) is 2.92. The standard InChI is InChI=1S/C31H35N5O2/c1-20(2)24-9-6-7-11-27(24)36-29-19-34(28-17-23(37)16-22-8-4-5-10-25(22)28)14-12-26(29)30(33-31(36)38)35-15-13-32-18-21(35)3/h4-11,16-17,20-21,32,37H,12-15,18-19H2,1-3H3/t21-/m0/s1. The van der Waals surface area contributed by atoms with Gasteiger partial charge in [0.15, 0.2) is 0 Å². The summed E-state index contributed by atoms with van der Waals surface area (Å²) in [4.78, 5) is 23.2. The minimum Gasteiger partial charge on any atom is -0.508 e. The first-order chi connectivity index (χ1) is 18.4. The molecule has 0 spiro atoms. The molecule has 6 rings (SSSR count). The molecule has 2 N–H and O–H groups in total. The second-order valence-corrected chi connectivity index (χ2v) is 10.8. The molecule has 0 radical (unpaired) electrons. The van der Waals surface area contributed by atoms with E-state index in [1.807, 2.05) is 47.0 Å². The molecule has 1 atom stereocenters. The Morgan fingerprint density at radius 1 is 1.03 bits per heavy atom. The molecule has 0 unspecified atom stereocenters. The number of aromatic hydroxyl groups is 1. The van der Waals surface area contributed by atoms with E-state index >= 15 is 0 Å². The van der Waals surface area contributed by atoms with E-state index in [2.05, 4.69) is 48.0 Å². The van der Waals surface area contributed by atoms with E-state index in [1.165, 1.54) is 0 Å². The molecular weight excluding hydrogens is 474 g/mol. The number of phenolic OH excluding ortho intramolecular Hbond substituents is 1. The van der Waals surface area contributed by atoms with Crippen molar-refractivity contribution in [2.45, 2.75) is 45.7 Å². The third-order valence-corrected chi connectivity index (χ3v) is 7.99. The summed E-state index contributed by atoms with van der Waals surface area (Å²) in [6, 6.07) is 20.2. The number of benzene rings is 3. The Balaban J connectivity index is 1.56. The van der Waals surface area contributed by atoms with E-state index in [0.717, 1.165) is 77.4 Å². The number of fused-ring (bicyclic) bond motifs is 2. The number of piperazine rings is 1. The Morgan fingerprint density at radius 3 is 2.63 bits per heavy atom. The van der Waals surface area contributed by atoms with Gasteiger partial charge in [-0.15, -0.1) is 0 Å². The van der Waals surface area contributed by atoms with Gasteiger partial charge in [0.25, 0.3) is 0 Å². The lowest BCUT2D eigenvalue weighted by Gasteiger charge is -2.39. The number of nitrogens with one attached hydrogen (secondary N) is 1. The number of hydrogen-bond donors (Lipinski definition) is 2. The fraction of sp³-hybridized carbons (Fsp3) is 0.355. The zero-order valence-electron chi connectivity index (χ0n) is 22.3. The minimum atomic E-state index is -0.236. The van der Waals surface area contributed by atoms with Gasteiger partial charge in [0, 0.05) is 54.9 Å². The normalized spacial score (nSPS) is 17.7. The Hall–Kier alpha value is -3.84. The molecule has 4 aromatic rings. The molecule has 3 aromatic carbocycles. The van der Waals surface area contributed by atoms with Crippen LogP contribution >= 0.6 is 0 Å². The van der Waals surface area contributed by atoms with Gasteiger partial charge in [0.2, 0.25) is 0 Å². The van der Waals surface area contributed by atoms with Crippen LogP contribution in [0, 0.1) is 0 Å². The molecule has 7 nitrogen and oxygen atoms in total. The van der Waals surface area contributed by atoms with Crippen LogP contribution < -0.4 is 20.8 Å². The highest BCUT2D eigenvalue weighted by molar-refractivity contribution is 5.95. The molecule has 0 bridgehead atoms. The lowest BCUT2D eigenvalue weighted by molar-refractivity contribution is 0.476. The Bertz CT molecular complexity index is 1560. The molecule has 0 amide bonds. The summed E-state index contributed by atoms with van der Waals surface area (Å²) in [5.74, 6) is 1.34. The summed E-state index contributed by atoms with van der Waals surface area (Å²) in [5, 5.41) is 16.1. The molecule has 0 saturated carbocycles. The minimum absolute atomic E-state index is 0.236. The van der Waals surface area contributed by atoms with Crippen LogP contribution in [0.2, 0.25) is 0 Å². The van der Waals surface area contributed by atoms with Gasteiger partial charge < -0.3 is 20.2 Å². The van der Waals surface area contributed by atoms with Gasteiger partial charge in [0.1, 0.15) is 11.6 Å². The zero-order chi connectivity index (χ0) is 26.4. The summed E-state index contributed by atoms with van der Waals surface area (Å²) in [6.45, 7) is 10.4. The first kappa shape index (κ1) is 24.5. The first-order valence-electron chi connectivity index (χ1n) is 13.6. The molecule has 7 heteroatoms. The second-order valence-electron chi connectivity index (χ2n) is 10.8. The van der Waals surface area contributed by atoms with E-state index in [9.17, 15) is 9.90 Å². The first-order valence-corrected chi connectivity index (χ1v) is 13.6. The van der Waals surface area contributed by atoms with Crippen LogP contribution in [-0.4, -0.2) is 46.9 Å². The summed E-state index contributed by atoms with van der Waals surface area (Å²) < 4.78 is 1.85. The van der Waals surface area contributed by atoms with Crippen LogP contribution in [0.3, 0.4) is 0 Å². The van der Waals surface area contributed by atoms with E-state index < -0.39 is 0 Å². The summed E-state index contributed by atoms with van der Waals surface area (Å²) in [5.41, 5.74) is 4.91. The van der Waals surface area contributed by atoms with Crippen LogP contribution in [0.5, 0.6) is 5.75 Å². The summed E-state index contributed by atoms with van der Waals surface area (Å²) >= 11 is 0. The highest BCUT2D eigenvalue weighted by Crippen LogP contribution is 2.37. The number of rotatable bonds is 4. The molecule has 3 heterocycles. The smallest absolute Gasteiger partial charge is 0.354 e. The van der Waals surface area contributed by atoms with Crippen molar-refractivity contribution in [2.75, 3.05) is 36.0 Å². The maximum absolute atomic E-state index is 13.9. The van der Waals surface area contributed by atoms with Crippen molar-refractivity contribution >= 4 is 22.3 Å². The highest BCUT2D eigenvalue weighted by atomic mass is 16.3. The maximum Gasteiger partial charge on any atom is 0.354 e. The second kappa shape index (κ2) is 9.80. The monoisotopic (exact) mass is 509 g/mol. The van der Waals surface area contributed by atoms with Gasteiger partial charge >= 0.3 is 5.69 Å². The topological polar surface area (TPSA) is 73.6 Å². The van der Waals surface area contributed by atoms with Crippen molar-refractivity contribution in [2.24, 2.45) is 0 Å². The molecule has 1 saturated heterocycles. The van der Waals surface area contributed by atoms with Gasteiger partial charge in [-0.2, -0.15) is 4.98 Å². The van der Waals surface area contributed by atoms with E-state index in [0.29, 0.717) is 6.54 Å². The Kier molecular flexibility index (Phi) is 6.32. The largest absolute Gasteiger partial charge is 0.508 e. The Morgan fingerprint density at radius 2 is 1.82 bits per heavy atom. The third kappa shape index (κ3) is 4.21.